The van der Waals surface area contributed by atoms with Gasteiger partial charge in [-0.15, -0.1) is 11.3 Å². The minimum absolute atomic E-state index is 0.0565. The molecule has 0 radical (unpaired) electrons. The van der Waals surface area contributed by atoms with Gasteiger partial charge in [0.25, 0.3) is 0 Å². The fraction of sp³-hybridized carbons (Fsp3) is 0.333. The zero-order valence-corrected chi connectivity index (χ0v) is 12.2. The van der Waals surface area contributed by atoms with Crippen molar-refractivity contribution >= 4 is 28.8 Å². The molecule has 20 heavy (non-hydrogen) atoms. The molecule has 2 aromatic rings. The third kappa shape index (κ3) is 3.61. The molecule has 3 nitrogen and oxygen atoms in total. The molecular formula is C12H11ClF3N3S. The predicted octanol–water partition coefficient (Wildman–Crippen LogP) is 4.44. The second kappa shape index (κ2) is 5.57. The van der Waals surface area contributed by atoms with Crippen LogP contribution in [0.4, 0.5) is 19.0 Å². The van der Waals surface area contributed by atoms with Crippen LogP contribution in [0, 0.1) is 13.8 Å². The molecule has 0 bridgehead atoms. The van der Waals surface area contributed by atoms with Gasteiger partial charge in [0.2, 0.25) is 5.82 Å². The third-order valence-corrected chi connectivity index (χ3v) is 3.96. The van der Waals surface area contributed by atoms with Crippen LogP contribution in [0.2, 0.25) is 5.15 Å². The number of nitrogens with one attached hydrogen (secondary N) is 1. The van der Waals surface area contributed by atoms with Crippen molar-refractivity contribution in [3.05, 3.63) is 38.4 Å². The summed E-state index contributed by atoms with van der Waals surface area (Å²) in [6.07, 6.45) is -4.61. The summed E-state index contributed by atoms with van der Waals surface area (Å²) < 4.78 is 37.7. The number of hydrogen-bond acceptors (Lipinski definition) is 4. The lowest BCUT2D eigenvalue weighted by Gasteiger charge is -2.09. The minimum atomic E-state index is -4.61. The van der Waals surface area contributed by atoms with Crippen LogP contribution in [0.1, 0.15) is 21.1 Å². The molecule has 0 atom stereocenters. The van der Waals surface area contributed by atoms with Crippen molar-refractivity contribution < 1.29 is 13.2 Å². The molecule has 0 aliphatic carbocycles. The number of aromatic nitrogens is 2. The molecule has 0 aromatic carbocycles. The van der Waals surface area contributed by atoms with Gasteiger partial charge in [0.15, 0.2) is 0 Å². The van der Waals surface area contributed by atoms with Gasteiger partial charge in [-0.2, -0.15) is 13.2 Å². The highest BCUT2D eigenvalue weighted by atomic mass is 35.5. The first kappa shape index (κ1) is 15.1. The molecule has 2 aromatic heterocycles. The van der Waals surface area contributed by atoms with E-state index in [4.69, 9.17) is 11.6 Å². The van der Waals surface area contributed by atoms with E-state index in [0.717, 1.165) is 10.4 Å². The smallest absolute Gasteiger partial charge is 0.365 e. The quantitative estimate of drug-likeness (QED) is 0.849. The van der Waals surface area contributed by atoms with E-state index < -0.39 is 12.0 Å². The number of thiophene rings is 1. The Bertz CT molecular complexity index is 605. The maximum absolute atomic E-state index is 12.6. The van der Waals surface area contributed by atoms with Crippen molar-refractivity contribution in [2.75, 3.05) is 5.32 Å². The van der Waals surface area contributed by atoms with Gasteiger partial charge in [-0.05, 0) is 25.5 Å². The van der Waals surface area contributed by atoms with E-state index in [-0.39, 0.29) is 11.0 Å². The Hall–Kier alpha value is -1.34. The highest BCUT2D eigenvalue weighted by Gasteiger charge is 2.35. The fourth-order valence-corrected chi connectivity index (χ4v) is 2.73. The number of aryl methyl sites for hydroxylation is 2. The van der Waals surface area contributed by atoms with Gasteiger partial charge in [0.1, 0.15) is 11.0 Å². The summed E-state index contributed by atoms with van der Waals surface area (Å²) in [7, 11) is 0. The van der Waals surface area contributed by atoms with Crippen molar-refractivity contribution in [3.63, 3.8) is 0 Å². The first-order chi connectivity index (χ1) is 9.25. The molecule has 108 valence electrons. The average Bonchev–Trinajstić information content (AvgIpc) is 2.65. The van der Waals surface area contributed by atoms with Crippen LogP contribution >= 0.6 is 22.9 Å². The van der Waals surface area contributed by atoms with E-state index in [9.17, 15) is 13.2 Å². The van der Waals surface area contributed by atoms with Crippen molar-refractivity contribution in [3.8, 4) is 0 Å². The van der Waals surface area contributed by atoms with E-state index in [0.29, 0.717) is 6.54 Å². The number of nitrogens with zero attached hydrogens (tertiary/aromatic N) is 2. The fourth-order valence-electron chi connectivity index (χ4n) is 1.55. The van der Waals surface area contributed by atoms with E-state index in [1.165, 1.54) is 10.9 Å². The Kier molecular flexibility index (Phi) is 4.19. The highest BCUT2D eigenvalue weighted by Crippen LogP contribution is 2.28. The molecule has 0 spiro atoms. The van der Waals surface area contributed by atoms with Gasteiger partial charge in [0.05, 0.1) is 6.54 Å². The van der Waals surface area contributed by atoms with Crippen molar-refractivity contribution in [1.82, 2.24) is 9.97 Å². The molecule has 0 amide bonds. The summed E-state index contributed by atoms with van der Waals surface area (Å²) in [6.45, 7) is 4.37. The number of rotatable bonds is 3. The van der Waals surface area contributed by atoms with E-state index in [1.807, 2.05) is 19.9 Å². The second-order valence-electron chi connectivity index (χ2n) is 4.20. The predicted molar refractivity (Wildman–Crippen MR) is 73.2 cm³/mol. The SMILES string of the molecule is Cc1cc(CNc2cc(Cl)nc(C(F)(F)F)n2)sc1C. The lowest BCUT2D eigenvalue weighted by molar-refractivity contribution is -0.144. The van der Waals surface area contributed by atoms with Gasteiger partial charge < -0.3 is 5.32 Å². The lowest BCUT2D eigenvalue weighted by Crippen LogP contribution is -2.13. The van der Waals surface area contributed by atoms with Crippen LogP contribution in [0.5, 0.6) is 0 Å². The van der Waals surface area contributed by atoms with E-state index in [1.54, 1.807) is 11.3 Å². The zero-order valence-electron chi connectivity index (χ0n) is 10.7. The van der Waals surface area contributed by atoms with Gasteiger partial charge in [-0.1, -0.05) is 11.6 Å². The van der Waals surface area contributed by atoms with Crippen LogP contribution in [0.15, 0.2) is 12.1 Å². The summed E-state index contributed by atoms with van der Waals surface area (Å²) in [5.41, 5.74) is 1.16. The van der Waals surface area contributed by atoms with Gasteiger partial charge >= 0.3 is 6.18 Å². The number of anilines is 1. The highest BCUT2D eigenvalue weighted by molar-refractivity contribution is 7.12. The Morgan fingerprint density at radius 2 is 1.95 bits per heavy atom. The molecule has 8 heteroatoms. The standard InChI is InChI=1S/C12H11ClF3N3S/c1-6-3-8(20-7(6)2)5-17-10-4-9(13)18-11(19-10)12(14,15)16/h3-4H,5H2,1-2H3,(H,17,18,19). The first-order valence-corrected chi connectivity index (χ1v) is 6.86. The van der Waals surface area contributed by atoms with Crippen molar-refractivity contribution in [1.29, 1.82) is 0 Å². The molecule has 0 saturated carbocycles. The maximum Gasteiger partial charge on any atom is 0.451 e. The molecule has 2 rings (SSSR count). The van der Waals surface area contributed by atoms with Crippen LogP contribution < -0.4 is 5.32 Å². The van der Waals surface area contributed by atoms with Crippen LogP contribution in [0.25, 0.3) is 0 Å². The van der Waals surface area contributed by atoms with Crippen molar-refractivity contribution in [2.45, 2.75) is 26.6 Å². The van der Waals surface area contributed by atoms with E-state index in [2.05, 4.69) is 15.3 Å². The monoisotopic (exact) mass is 321 g/mol. The topological polar surface area (TPSA) is 37.8 Å². The normalized spacial score (nSPS) is 11.7. The zero-order chi connectivity index (χ0) is 14.9. The maximum atomic E-state index is 12.6. The third-order valence-electron chi connectivity index (χ3n) is 2.61. The largest absolute Gasteiger partial charge is 0.451 e. The van der Waals surface area contributed by atoms with Gasteiger partial charge in [-0.3, -0.25) is 0 Å². The first-order valence-electron chi connectivity index (χ1n) is 5.67. The molecule has 2 heterocycles. The summed E-state index contributed by atoms with van der Waals surface area (Å²) in [5.74, 6) is -1.19. The van der Waals surface area contributed by atoms with Gasteiger partial charge in [0, 0.05) is 15.8 Å². The molecular weight excluding hydrogens is 311 g/mol. The summed E-state index contributed by atoms with van der Waals surface area (Å²) in [4.78, 5) is 8.79. The molecule has 0 saturated heterocycles. The number of alkyl halides is 3. The van der Waals surface area contributed by atoms with Crippen LogP contribution in [-0.2, 0) is 12.7 Å². The number of hydrogen-bond donors (Lipinski definition) is 1. The average molecular weight is 322 g/mol. The van der Waals surface area contributed by atoms with E-state index >= 15 is 0 Å². The second-order valence-corrected chi connectivity index (χ2v) is 5.93. The molecule has 0 aliphatic rings. The Labute approximate surface area is 122 Å². The summed E-state index contributed by atoms with van der Waals surface area (Å²) >= 11 is 7.17. The molecule has 0 aliphatic heterocycles. The summed E-state index contributed by atoms with van der Waals surface area (Å²) in [5, 5.41) is 2.59. The van der Waals surface area contributed by atoms with Gasteiger partial charge in [-0.25, -0.2) is 9.97 Å². The molecule has 1 N–H and O–H groups in total. The van der Waals surface area contributed by atoms with Crippen molar-refractivity contribution in [2.24, 2.45) is 0 Å². The minimum Gasteiger partial charge on any atom is -0.365 e. The lowest BCUT2D eigenvalue weighted by atomic mass is 10.3. The Morgan fingerprint density at radius 3 is 2.50 bits per heavy atom. The Morgan fingerprint density at radius 1 is 1.25 bits per heavy atom. The van der Waals surface area contributed by atoms with Crippen LogP contribution in [-0.4, -0.2) is 9.97 Å². The summed E-state index contributed by atoms with van der Waals surface area (Å²) in [6, 6.07) is 3.25. The Balaban J connectivity index is 2.15. The van der Waals surface area contributed by atoms with Crippen LogP contribution in [0.3, 0.4) is 0 Å². The molecule has 0 unspecified atom stereocenters. The number of halogens is 4. The molecule has 0 fully saturated rings.